The Morgan fingerprint density at radius 1 is 1.46 bits per heavy atom. The fraction of sp³-hybridized carbons (Fsp3) is 0.273. The van der Waals surface area contributed by atoms with Gasteiger partial charge in [0.05, 0.1) is 6.61 Å². The van der Waals surface area contributed by atoms with Gasteiger partial charge < -0.3 is 10.4 Å². The quantitative estimate of drug-likeness (QED) is 0.742. The fourth-order valence-electron chi connectivity index (χ4n) is 0.981. The van der Waals surface area contributed by atoms with Crippen molar-refractivity contribution in [2.45, 2.75) is 13.8 Å². The Hall–Kier alpha value is -1.28. The molecule has 0 amide bonds. The van der Waals surface area contributed by atoms with E-state index < -0.39 is 0 Å². The highest BCUT2D eigenvalue weighted by Crippen LogP contribution is 2.13. The number of hydrogen-bond acceptors (Lipinski definition) is 2. The second-order valence-corrected chi connectivity index (χ2v) is 3.11. The van der Waals surface area contributed by atoms with E-state index in [1.807, 2.05) is 44.3 Å². The minimum atomic E-state index is 0.0961. The molecule has 0 bridgehead atoms. The Bertz CT molecular complexity index is 305. The molecule has 0 saturated carbocycles. The first-order valence-electron chi connectivity index (χ1n) is 4.32. The molecule has 2 N–H and O–H groups in total. The number of rotatable bonds is 3. The van der Waals surface area contributed by atoms with E-state index >= 15 is 0 Å². The molecule has 0 saturated heterocycles. The van der Waals surface area contributed by atoms with Gasteiger partial charge in [-0.2, -0.15) is 0 Å². The van der Waals surface area contributed by atoms with Crippen LogP contribution in [0.3, 0.4) is 0 Å². The molecule has 1 aromatic rings. The lowest BCUT2D eigenvalue weighted by atomic mass is 10.2. The van der Waals surface area contributed by atoms with Gasteiger partial charge in [-0.15, -0.1) is 0 Å². The molecule has 2 nitrogen and oxygen atoms in total. The molecule has 0 aromatic heterocycles. The highest BCUT2D eigenvalue weighted by molar-refractivity contribution is 5.52. The average Bonchev–Trinajstić information content (AvgIpc) is 2.16. The molecule has 13 heavy (non-hydrogen) atoms. The Kier molecular flexibility index (Phi) is 3.53. The van der Waals surface area contributed by atoms with Crippen molar-refractivity contribution in [3.63, 3.8) is 0 Å². The summed E-state index contributed by atoms with van der Waals surface area (Å²) in [4.78, 5) is 0. The van der Waals surface area contributed by atoms with E-state index in [4.69, 9.17) is 5.11 Å². The number of benzene rings is 1. The van der Waals surface area contributed by atoms with E-state index in [1.165, 1.54) is 5.56 Å². The van der Waals surface area contributed by atoms with Crippen molar-refractivity contribution in [1.82, 2.24) is 0 Å². The van der Waals surface area contributed by atoms with Crippen molar-refractivity contribution in [2.75, 3.05) is 11.9 Å². The molecule has 0 aliphatic rings. The third-order valence-corrected chi connectivity index (χ3v) is 1.87. The summed E-state index contributed by atoms with van der Waals surface area (Å²) in [6.45, 7) is 4.02. The van der Waals surface area contributed by atoms with E-state index in [0.717, 1.165) is 11.3 Å². The first-order valence-corrected chi connectivity index (χ1v) is 4.32. The molecule has 2 heteroatoms. The van der Waals surface area contributed by atoms with Gasteiger partial charge in [-0.05, 0) is 31.1 Å². The van der Waals surface area contributed by atoms with E-state index in [1.54, 1.807) is 0 Å². The lowest BCUT2D eigenvalue weighted by molar-refractivity contribution is 0.331. The van der Waals surface area contributed by atoms with Crippen LogP contribution < -0.4 is 5.32 Å². The lowest BCUT2D eigenvalue weighted by Crippen LogP contribution is -1.94. The van der Waals surface area contributed by atoms with Gasteiger partial charge >= 0.3 is 0 Å². The van der Waals surface area contributed by atoms with Crippen LogP contribution in [0, 0.1) is 6.92 Å². The first kappa shape index (κ1) is 9.81. The van der Waals surface area contributed by atoms with Crippen LogP contribution in [0.15, 0.2) is 36.0 Å². The number of anilines is 1. The smallest absolute Gasteiger partial charge is 0.0656 e. The zero-order valence-electron chi connectivity index (χ0n) is 8.04. The molecular formula is C11H15NO. The van der Waals surface area contributed by atoms with Gasteiger partial charge in [0.15, 0.2) is 0 Å². The van der Waals surface area contributed by atoms with Crippen LogP contribution in [0.4, 0.5) is 5.69 Å². The third-order valence-electron chi connectivity index (χ3n) is 1.87. The Morgan fingerprint density at radius 3 is 2.77 bits per heavy atom. The monoisotopic (exact) mass is 177 g/mol. The average molecular weight is 177 g/mol. The minimum Gasteiger partial charge on any atom is -0.392 e. The normalized spacial score (nSPS) is 11.5. The maximum absolute atomic E-state index is 8.77. The predicted octanol–water partition coefficient (Wildman–Crippen LogP) is 2.30. The SMILES string of the molecule is C/C(=C\Nc1ccccc1C)CO. The van der Waals surface area contributed by atoms with Gasteiger partial charge in [-0.25, -0.2) is 0 Å². The molecule has 0 atom stereocenters. The molecular weight excluding hydrogens is 162 g/mol. The van der Waals surface area contributed by atoms with Crippen LogP contribution in [0.1, 0.15) is 12.5 Å². The number of hydrogen-bond donors (Lipinski definition) is 2. The highest BCUT2D eigenvalue weighted by Gasteiger charge is 1.92. The molecule has 0 spiro atoms. The summed E-state index contributed by atoms with van der Waals surface area (Å²) in [5, 5.41) is 11.9. The molecule has 1 rings (SSSR count). The summed E-state index contributed by atoms with van der Waals surface area (Å²) >= 11 is 0. The van der Waals surface area contributed by atoms with Gasteiger partial charge in [-0.1, -0.05) is 18.2 Å². The summed E-state index contributed by atoms with van der Waals surface area (Å²) in [7, 11) is 0. The van der Waals surface area contributed by atoms with Gasteiger partial charge in [0.1, 0.15) is 0 Å². The molecule has 0 fully saturated rings. The van der Waals surface area contributed by atoms with Crippen molar-refractivity contribution in [3.05, 3.63) is 41.6 Å². The van der Waals surface area contributed by atoms with Crippen LogP contribution in [0.2, 0.25) is 0 Å². The number of aliphatic hydroxyl groups excluding tert-OH is 1. The summed E-state index contributed by atoms with van der Waals surface area (Å²) in [6.07, 6.45) is 1.82. The number of nitrogens with one attached hydrogen (secondary N) is 1. The lowest BCUT2D eigenvalue weighted by Gasteiger charge is -2.05. The molecule has 0 unspecified atom stereocenters. The molecule has 0 aliphatic heterocycles. The van der Waals surface area contributed by atoms with Gasteiger partial charge in [-0.3, -0.25) is 0 Å². The highest BCUT2D eigenvalue weighted by atomic mass is 16.3. The Labute approximate surface area is 78.9 Å². The predicted molar refractivity (Wildman–Crippen MR) is 55.6 cm³/mol. The van der Waals surface area contributed by atoms with E-state index in [0.29, 0.717) is 0 Å². The second-order valence-electron chi connectivity index (χ2n) is 3.11. The molecule has 0 heterocycles. The Morgan fingerprint density at radius 2 is 2.15 bits per heavy atom. The van der Waals surface area contributed by atoms with Crippen molar-refractivity contribution in [2.24, 2.45) is 0 Å². The van der Waals surface area contributed by atoms with Crippen LogP contribution in [-0.2, 0) is 0 Å². The summed E-state index contributed by atoms with van der Waals surface area (Å²) < 4.78 is 0. The minimum absolute atomic E-state index is 0.0961. The first-order chi connectivity index (χ1) is 6.24. The van der Waals surface area contributed by atoms with Gasteiger partial charge in [0.2, 0.25) is 0 Å². The van der Waals surface area contributed by atoms with Crippen LogP contribution in [0.25, 0.3) is 0 Å². The molecule has 0 aliphatic carbocycles. The standard InChI is InChI=1S/C11H15NO/c1-9(8-13)7-12-11-6-4-3-5-10(11)2/h3-7,12-13H,8H2,1-2H3/b9-7+. The molecule has 70 valence electrons. The van der Waals surface area contributed by atoms with E-state index in [-0.39, 0.29) is 6.61 Å². The number of aliphatic hydroxyl groups is 1. The Balaban J connectivity index is 2.70. The molecule has 0 radical (unpaired) electrons. The zero-order chi connectivity index (χ0) is 9.68. The van der Waals surface area contributed by atoms with Crippen LogP contribution in [0.5, 0.6) is 0 Å². The maximum atomic E-state index is 8.77. The largest absolute Gasteiger partial charge is 0.392 e. The van der Waals surface area contributed by atoms with Crippen molar-refractivity contribution < 1.29 is 5.11 Å². The van der Waals surface area contributed by atoms with Crippen molar-refractivity contribution in [3.8, 4) is 0 Å². The van der Waals surface area contributed by atoms with E-state index in [2.05, 4.69) is 5.32 Å². The number of aryl methyl sites for hydroxylation is 1. The van der Waals surface area contributed by atoms with Crippen molar-refractivity contribution >= 4 is 5.69 Å². The molecule has 1 aromatic carbocycles. The fourth-order valence-corrected chi connectivity index (χ4v) is 0.981. The van der Waals surface area contributed by atoms with Crippen LogP contribution in [-0.4, -0.2) is 11.7 Å². The topological polar surface area (TPSA) is 32.3 Å². The van der Waals surface area contributed by atoms with Gasteiger partial charge in [0, 0.05) is 11.9 Å². The summed E-state index contributed by atoms with van der Waals surface area (Å²) in [5.74, 6) is 0. The number of para-hydroxylation sites is 1. The zero-order valence-corrected chi connectivity index (χ0v) is 8.04. The van der Waals surface area contributed by atoms with Gasteiger partial charge in [0.25, 0.3) is 0 Å². The van der Waals surface area contributed by atoms with Crippen molar-refractivity contribution in [1.29, 1.82) is 0 Å². The van der Waals surface area contributed by atoms with Crippen LogP contribution >= 0.6 is 0 Å². The summed E-state index contributed by atoms with van der Waals surface area (Å²) in [5.41, 5.74) is 3.20. The second kappa shape index (κ2) is 4.67. The third kappa shape index (κ3) is 2.92. The maximum Gasteiger partial charge on any atom is 0.0656 e. The van der Waals surface area contributed by atoms with E-state index in [9.17, 15) is 0 Å². The summed E-state index contributed by atoms with van der Waals surface area (Å²) in [6, 6.07) is 8.04.